The summed E-state index contributed by atoms with van der Waals surface area (Å²) in [6, 6.07) is 81.4. The summed E-state index contributed by atoms with van der Waals surface area (Å²) in [5.41, 5.74) is 13.0. The molecule has 55 heavy (non-hydrogen) atoms. The smallest absolute Gasteiger partial charge is 0.0540 e. The van der Waals surface area contributed by atoms with E-state index in [9.17, 15) is 0 Å². The third-order valence-corrected chi connectivity index (χ3v) is 10.9. The average molecular weight is 700 g/mol. The molecule has 0 amide bonds. The second kappa shape index (κ2) is 14.0. The lowest BCUT2D eigenvalue weighted by Gasteiger charge is -2.30. The van der Waals surface area contributed by atoms with Crippen LogP contribution >= 0.6 is 0 Å². The molecule has 0 saturated heterocycles. The molecule has 1 nitrogen and oxygen atoms in total. The van der Waals surface area contributed by atoms with Gasteiger partial charge in [-0.3, -0.25) is 0 Å². The van der Waals surface area contributed by atoms with E-state index in [4.69, 9.17) is 0 Å². The van der Waals surface area contributed by atoms with E-state index in [1.165, 1.54) is 76.8 Å². The van der Waals surface area contributed by atoms with Gasteiger partial charge in [0.1, 0.15) is 0 Å². The second-order valence-corrected chi connectivity index (χ2v) is 14.0. The highest BCUT2D eigenvalue weighted by molar-refractivity contribution is 6.14. The Morgan fingerprint density at radius 2 is 0.709 bits per heavy atom. The average Bonchev–Trinajstić information content (AvgIpc) is 3.27. The Labute approximate surface area is 322 Å². The molecule has 0 radical (unpaired) electrons. The van der Waals surface area contributed by atoms with Gasteiger partial charge in [0.05, 0.1) is 11.4 Å². The predicted octanol–water partition coefficient (Wildman–Crippen LogP) is 15.3. The lowest BCUT2D eigenvalue weighted by molar-refractivity contribution is 1.30. The summed E-state index contributed by atoms with van der Waals surface area (Å²) in [5, 5.41) is 7.48. The van der Waals surface area contributed by atoms with Crippen molar-refractivity contribution in [3.05, 3.63) is 224 Å². The van der Waals surface area contributed by atoms with Crippen LogP contribution in [0.4, 0.5) is 17.1 Å². The molecule has 1 heteroatoms. The molecule has 0 atom stereocenters. The Kier molecular flexibility index (Phi) is 8.24. The van der Waals surface area contributed by atoms with Gasteiger partial charge >= 0.3 is 0 Å². The zero-order valence-corrected chi connectivity index (χ0v) is 30.3. The lowest BCUT2D eigenvalue weighted by atomic mass is 9.88. The fourth-order valence-electron chi connectivity index (χ4n) is 8.33. The van der Waals surface area contributed by atoms with E-state index < -0.39 is 0 Å². The minimum Gasteiger partial charge on any atom is -0.309 e. The lowest BCUT2D eigenvalue weighted by Crippen LogP contribution is -2.12. The van der Waals surface area contributed by atoms with Gasteiger partial charge in [-0.05, 0) is 96.2 Å². The molecular formula is C54H37N. The van der Waals surface area contributed by atoms with Crippen molar-refractivity contribution in [3.63, 3.8) is 0 Å². The van der Waals surface area contributed by atoms with Crippen molar-refractivity contribution in [3.8, 4) is 44.5 Å². The first kappa shape index (κ1) is 32.4. The molecule has 10 rings (SSSR count). The molecule has 0 aromatic heterocycles. The first-order valence-electron chi connectivity index (χ1n) is 18.9. The number of hydrogen-bond donors (Lipinski definition) is 0. The molecule has 0 N–H and O–H groups in total. The standard InChI is InChI=1S/C54H37N/c1-2-17-38(18-3-1)43-22-8-9-25-46(43)48-27-11-12-28-49(48)51-30-14-15-31-54(51)55(53-32-16-21-39-19-4-7-24-45(39)53)42-35-33-40(34-36-42)52-37-41-20-5-6-23-44(41)47-26-10-13-29-50(47)52/h1-37H. The number of fused-ring (bicyclic) bond motifs is 4. The van der Waals surface area contributed by atoms with Gasteiger partial charge in [-0.2, -0.15) is 0 Å². The van der Waals surface area contributed by atoms with E-state index in [-0.39, 0.29) is 0 Å². The number of anilines is 3. The topological polar surface area (TPSA) is 3.24 Å². The van der Waals surface area contributed by atoms with Crippen molar-refractivity contribution in [2.75, 3.05) is 4.90 Å². The summed E-state index contributed by atoms with van der Waals surface area (Å²) in [6.45, 7) is 0. The largest absolute Gasteiger partial charge is 0.309 e. The van der Waals surface area contributed by atoms with Crippen molar-refractivity contribution in [1.29, 1.82) is 0 Å². The minimum atomic E-state index is 1.10. The van der Waals surface area contributed by atoms with Crippen LogP contribution < -0.4 is 4.90 Å². The normalized spacial score (nSPS) is 11.3. The van der Waals surface area contributed by atoms with Crippen molar-refractivity contribution < 1.29 is 0 Å². The van der Waals surface area contributed by atoms with Crippen LogP contribution in [-0.2, 0) is 0 Å². The molecule has 0 aliphatic carbocycles. The number of benzene rings is 10. The highest BCUT2D eigenvalue weighted by Gasteiger charge is 2.21. The summed E-state index contributed by atoms with van der Waals surface area (Å²) in [6.07, 6.45) is 0. The summed E-state index contributed by atoms with van der Waals surface area (Å²) in [7, 11) is 0. The fraction of sp³-hybridized carbons (Fsp3) is 0. The van der Waals surface area contributed by atoms with Crippen molar-refractivity contribution >= 4 is 49.4 Å². The molecule has 0 aliphatic rings. The van der Waals surface area contributed by atoms with Crippen LogP contribution in [0.25, 0.3) is 76.8 Å². The van der Waals surface area contributed by atoms with Crippen LogP contribution in [0.3, 0.4) is 0 Å². The number of nitrogens with zero attached hydrogens (tertiary/aromatic N) is 1. The van der Waals surface area contributed by atoms with Crippen molar-refractivity contribution in [2.45, 2.75) is 0 Å². The van der Waals surface area contributed by atoms with Gasteiger partial charge in [-0.15, -0.1) is 0 Å². The van der Waals surface area contributed by atoms with Crippen LogP contribution in [0.2, 0.25) is 0 Å². The van der Waals surface area contributed by atoms with Crippen molar-refractivity contribution in [2.24, 2.45) is 0 Å². The predicted molar refractivity (Wildman–Crippen MR) is 235 cm³/mol. The Hall–Kier alpha value is -7.22. The van der Waals surface area contributed by atoms with Crippen LogP contribution in [-0.4, -0.2) is 0 Å². The van der Waals surface area contributed by atoms with Gasteiger partial charge in [0, 0.05) is 16.6 Å². The third-order valence-electron chi connectivity index (χ3n) is 10.9. The van der Waals surface area contributed by atoms with E-state index in [1.54, 1.807) is 0 Å². The van der Waals surface area contributed by atoms with Gasteiger partial charge in [-0.25, -0.2) is 0 Å². The monoisotopic (exact) mass is 699 g/mol. The van der Waals surface area contributed by atoms with E-state index in [1.807, 2.05) is 0 Å². The molecule has 0 fully saturated rings. The van der Waals surface area contributed by atoms with Gasteiger partial charge < -0.3 is 4.90 Å². The molecule has 0 spiro atoms. The minimum absolute atomic E-state index is 1.10. The van der Waals surface area contributed by atoms with E-state index in [0.29, 0.717) is 0 Å². The van der Waals surface area contributed by atoms with Gasteiger partial charge in [0.25, 0.3) is 0 Å². The van der Waals surface area contributed by atoms with E-state index in [2.05, 4.69) is 229 Å². The molecular weight excluding hydrogens is 663 g/mol. The Bertz CT molecular complexity index is 2970. The maximum atomic E-state index is 2.44. The molecule has 0 saturated carbocycles. The SMILES string of the molecule is c1ccc(-c2ccccc2-c2ccccc2-c2ccccc2N(c2ccc(-c3cc4ccccc4c4ccccc34)cc2)c2cccc3ccccc23)cc1. The summed E-state index contributed by atoms with van der Waals surface area (Å²) in [5.74, 6) is 0. The van der Waals surface area contributed by atoms with E-state index >= 15 is 0 Å². The quantitative estimate of drug-likeness (QED) is 0.150. The zero-order valence-electron chi connectivity index (χ0n) is 30.3. The molecule has 0 heterocycles. The number of rotatable bonds is 7. The molecule has 0 unspecified atom stereocenters. The second-order valence-electron chi connectivity index (χ2n) is 14.0. The van der Waals surface area contributed by atoms with Crippen LogP contribution in [0.5, 0.6) is 0 Å². The number of hydrogen-bond acceptors (Lipinski definition) is 1. The summed E-state index contributed by atoms with van der Waals surface area (Å²) in [4.78, 5) is 2.44. The maximum absolute atomic E-state index is 2.44. The highest BCUT2D eigenvalue weighted by Crippen LogP contribution is 2.47. The molecule has 258 valence electrons. The Morgan fingerprint density at radius 1 is 0.236 bits per heavy atom. The molecule has 10 aromatic rings. The van der Waals surface area contributed by atoms with E-state index in [0.717, 1.165) is 17.1 Å². The first-order valence-corrected chi connectivity index (χ1v) is 18.9. The van der Waals surface area contributed by atoms with Gasteiger partial charge in [0.2, 0.25) is 0 Å². The maximum Gasteiger partial charge on any atom is 0.0540 e. The molecule has 10 aromatic carbocycles. The summed E-state index contributed by atoms with van der Waals surface area (Å²) < 4.78 is 0. The van der Waals surface area contributed by atoms with Crippen LogP contribution in [0.15, 0.2) is 224 Å². The third kappa shape index (κ3) is 5.84. The molecule has 0 bridgehead atoms. The first-order chi connectivity index (χ1) is 27.3. The zero-order chi connectivity index (χ0) is 36.6. The van der Waals surface area contributed by atoms with Crippen LogP contribution in [0.1, 0.15) is 0 Å². The fourth-order valence-corrected chi connectivity index (χ4v) is 8.33. The Balaban J connectivity index is 1.17. The molecule has 0 aliphatic heterocycles. The summed E-state index contributed by atoms with van der Waals surface area (Å²) >= 11 is 0. The number of para-hydroxylation sites is 1. The van der Waals surface area contributed by atoms with Gasteiger partial charge in [0.15, 0.2) is 0 Å². The van der Waals surface area contributed by atoms with Crippen molar-refractivity contribution in [1.82, 2.24) is 0 Å². The Morgan fingerprint density at radius 3 is 1.45 bits per heavy atom. The van der Waals surface area contributed by atoms with Gasteiger partial charge in [-0.1, -0.05) is 194 Å². The van der Waals surface area contributed by atoms with Crippen LogP contribution in [0, 0.1) is 0 Å². The highest BCUT2D eigenvalue weighted by atomic mass is 15.1.